The van der Waals surface area contributed by atoms with Crippen molar-refractivity contribution in [2.24, 2.45) is 5.73 Å². The highest BCUT2D eigenvalue weighted by atomic mass is 32.1. The SMILES string of the molecule is Cc1nc(NC(=O)c2ccccc2NC(=O)CCN)sc1C. The number of aryl methyl sites for hydroxylation is 2. The molecule has 116 valence electrons. The summed E-state index contributed by atoms with van der Waals surface area (Å²) < 4.78 is 0. The zero-order valence-corrected chi connectivity index (χ0v) is 13.3. The number of nitrogens with one attached hydrogen (secondary N) is 2. The minimum absolute atomic E-state index is 0.209. The first-order chi connectivity index (χ1) is 10.5. The van der Waals surface area contributed by atoms with E-state index >= 15 is 0 Å². The number of thiazole rings is 1. The van der Waals surface area contributed by atoms with Gasteiger partial charge in [0.2, 0.25) is 5.91 Å². The van der Waals surface area contributed by atoms with Crippen molar-refractivity contribution in [3.63, 3.8) is 0 Å². The minimum Gasteiger partial charge on any atom is -0.330 e. The van der Waals surface area contributed by atoms with E-state index in [-0.39, 0.29) is 24.8 Å². The summed E-state index contributed by atoms with van der Waals surface area (Å²) in [6.07, 6.45) is 0.209. The number of amides is 2. The van der Waals surface area contributed by atoms with Crippen LogP contribution in [0.25, 0.3) is 0 Å². The number of hydrogen-bond acceptors (Lipinski definition) is 5. The fourth-order valence-electron chi connectivity index (χ4n) is 1.82. The van der Waals surface area contributed by atoms with Gasteiger partial charge < -0.3 is 11.1 Å². The Hall–Kier alpha value is -2.25. The molecule has 1 heterocycles. The highest BCUT2D eigenvalue weighted by Gasteiger charge is 2.15. The van der Waals surface area contributed by atoms with E-state index in [2.05, 4.69) is 15.6 Å². The topological polar surface area (TPSA) is 97.1 Å². The average molecular weight is 318 g/mol. The summed E-state index contributed by atoms with van der Waals surface area (Å²) >= 11 is 1.42. The summed E-state index contributed by atoms with van der Waals surface area (Å²) in [5.41, 5.74) is 7.09. The first-order valence-electron chi connectivity index (χ1n) is 6.85. The van der Waals surface area contributed by atoms with Crippen LogP contribution in [-0.4, -0.2) is 23.3 Å². The molecule has 0 unspecified atom stereocenters. The second-order valence-electron chi connectivity index (χ2n) is 4.75. The quantitative estimate of drug-likeness (QED) is 0.788. The zero-order chi connectivity index (χ0) is 16.1. The van der Waals surface area contributed by atoms with Crippen LogP contribution in [0, 0.1) is 13.8 Å². The van der Waals surface area contributed by atoms with Gasteiger partial charge in [-0.25, -0.2) is 4.98 Å². The van der Waals surface area contributed by atoms with Crippen LogP contribution < -0.4 is 16.4 Å². The van der Waals surface area contributed by atoms with Gasteiger partial charge in [0.15, 0.2) is 5.13 Å². The van der Waals surface area contributed by atoms with Gasteiger partial charge in [0, 0.05) is 17.8 Å². The summed E-state index contributed by atoms with van der Waals surface area (Å²) in [4.78, 5) is 29.4. The molecule has 0 saturated heterocycles. The van der Waals surface area contributed by atoms with Gasteiger partial charge in [0.05, 0.1) is 16.9 Å². The Bertz CT molecular complexity index is 677. The number of anilines is 2. The monoisotopic (exact) mass is 318 g/mol. The van der Waals surface area contributed by atoms with E-state index in [1.807, 2.05) is 13.8 Å². The Balaban J connectivity index is 2.17. The first kappa shape index (κ1) is 16.1. The number of aromatic nitrogens is 1. The number of rotatable bonds is 5. The van der Waals surface area contributed by atoms with Crippen molar-refractivity contribution in [2.45, 2.75) is 20.3 Å². The van der Waals surface area contributed by atoms with Crippen molar-refractivity contribution in [3.8, 4) is 0 Å². The first-order valence-corrected chi connectivity index (χ1v) is 7.67. The standard InChI is InChI=1S/C15H18N4O2S/c1-9-10(2)22-15(17-9)19-14(21)11-5-3-4-6-12(11)18-13(20)7-8-16/h3-6H,7-8,16H2,1-2H3,(H,18,20)(H,17,19,21). The lowest BCUT2D eigenvalue weighted by atomic mass is 10.1. The minimum atomic E-state index is -0.308. The maximum absolute atomic E-state index is 12.4. The van der Waals surface area contributed by atoms with Crippen LogP contribution in [0.3, 0.4) is 0 Å². The Kier molecular flexibility index (Phi) is 5.24. The Morgan fingerprint density at radius 3 is 2.59 bits per heavy atom. The molecule has 0 bridgehead atoms. The van der Waals surface area contributed by atoms with Gasteiger partial charge in [-0.3, -0.25) is 14.9 Å². The number of carbonyl (C=O) groups excluding carboxylic acids is 2. The molecule has 2 rings (SSSR count). The van der Waals surface area contributed by atoms with E-state index in [4.69, 9.17) is 5.73 Å². The third-order valence-electron chi connectivity index (χ3n) is 3.07. The molecule has 1 aromatic heterocycles. The van der Waals surface area contributed by atoms with Crippen molar-refractivity contribution in [3.05, 3.63) is 40.4 Å². The van der Waals surface area contributed by atoms with Crippen LogP contribution in [0.15, 0.2) is 24.3 Å². The summed E-state index contributed by atoms with van der Waals surface area (Å²) in [6.45, 7) is 4.10. The number of benzene rings is 1. The van der Waals surface area contributed by atoms with Crippen LogP contribution >= 0.6 is 11.3 Å². The van der Waals surface area contributed by atoms with Crippen LogP contribution in [0.2, 0.25) is 0 Å². The lowest BCUT2D eigenvalue weighted by Crippen LogP contribution is -2.20. The molecule has 0 aliphatic carbocycles. The van der Waals surface area contributed by atoms with Gasteiger partial charge >= 0.3 is 0 Å². The van der Waals surface area contributed by atoms with Crippen molar-refractivity contribution in [1.29, 1.82) is 0 Å². The van der Waals surface area contributed by atoms with Crippen molar-refractivity contribution in [2.75, 3.05) is 17.2 Å². The molecular formula is C15H18N4O2S. The number of hydrogen-bond donors (Lipinski definition) is 3. The summed E-state index contributed by atoms with van der Waals surface area (Å²) in [6, 6.07) is 6.83. The van der Waals surface area contributed by atoms with E-state index in [1.165, 1.54) is 11.3 Å². The van der Waals surface area contributed by atoms with Crippen molar-refractivity contribution in [1.82, 2.24) is 4.98 Å². The molecule has 7 heteroatoms. The highest BCUT2D eigenvalue weighted by molar-refractivity contribution is 7.15. The van der Waals surface area contributed by atoms with Gasteiger partial charge in [-0.2, -0.15) is 0 Å². The molecule has 0 aliphatic heterocycles. The largest absolute Gasteiger partial charge is 0.330 e. The maximum atomic E-state index is 12.4. The van der Waals surface area contributed by atoms with Gasteiger partial charge in [-0.15, -0.1) is 11.3 Å². The van der Waals surface area contributed by atoms with Crippen molar-refractivity contribution >= 4 is 34.0 Å². The third kappa shape index (κ3) is 3.90. The molecule has 6 nitrogen and oxygen atoms in total. The molecule has 4 N–H and O–H groups in total. The smallest absolute Gasteiger partial charge is 0.259 e. The second kappa shape index (κ2) is 7.15. The third-order valence-corrected chi connectivity index (χ3v) is 4.05. The summed E-state index contributed by atoms with van der Waals surface area (Å²) in [5.74, 6) is -0.527. The Labute approximate surface area is 132 Å². The number of carbonyl (C=O) groups is 2. The zero-order valence-electron chi connectivity index (χ0n) is 12.5. The summed E-state index contributed by atoms with van der Waals surface area (Å²) in [7, 11) is 0. The lowest BCUT2D eigenvalue weighted by molar-refractivity contribution is -0.116. The highest BCUT2D eigenvalue weighted by Crippen LogP contribution is 2.23. The average Bonchev–Trinajstić information content (AvgIpc) is 2.78. The molecule has 0 spiro atoms. The predicted octanol–water partition coefficient (Wildman–Crippen LogP) is 2.30. The van der Waals surface area contributed by atoms with Crippen LogP contribution in [-0.2, 0) is 4.79 Å². The molecule has 0 aliphatic rings. The second-order valence-corrected chi connectivity index (χ2v) is 5.95. The van der Waals surface area contributed by atoms with Gasteiger partial charge in [-0.05, 0) is 26.0 Å². The van der Waals surface area contributed by atoms with E-state index in [0.29, 0.717) is 16.4 Å². The molecule has 2 aromatic rings. The van der Waals surface area contributed by atoms with Gasteiger partial charge in [-0.1, -0.05) is 12.1 Å². The van der Waals surface area contributed by atoms with Gasteiger partial charge in [0.1, 0.15) is 0 Å². The van der Waals surface area contributed by atoms with Gasteiger partial charge in [0.25, 0.3) is 5.91 Å². The van der Waals surface area contributed by atoms with E-state index in [9.17, 15) is 9.59 Å². The van der Waals surface area contributed by atoms with Crippen molar-refractivity contribution < 1.29 is 9.59 Å². The lowest BCUT2D eigenvalue weighted by Gasteiger charge is -2.10. The molecule has 0 saturated carbocycles. The number of para-hydroxylation sites is 1. The fraction of sp³-hybridized carbons (Fsp3) is 0.267. The molecule has 0 atom stereocenters. The maximum Gasteiger partial charge on any atom is 0.259 e. The van der Waals surface area contributed by atoms with E-state index < -0.39 is 0 Å². The van der Waals surface area contributed by atoms with E-state index in [0.717, 1.165) is 10.6 Å². The van der Waals surface area contributed by atoms with Crippen LogP contribution in [0.4, 0.5) is 10.8 Å². The predicted molar refractivity (Wildman–Crippen MR) is 88.3 cm³/mol. The molecule has 2 amide bonds. The molecule has 1 aromatic carbocycles. The normalized spacial score (nSPS) is 10.3. The Morgan fingerprint density at radius 1 is 1.23 bits per heavy atom. The van der Waals surface area contributed by atoms with E-state index in [1.54, 1.807) is 24.3 Å². The molecular weight excluding hydrogens is 300 g/mol. The van der Waals surface area contributed by atoms with Crippen LogP contribution in [0.5, 0.6) is 0 Å². The molecule has 0 fully saturated rings. The molecule has 22 heavy (non-hydrogen) atoms. The fourth-order valence-corrected chi connectivity index (χ4v) is 2.63. The summed E-state index contributed by atoms with van der Waals surface area (Å²) in [5, 5.41) is 6.00. The molecule has 0 radical (unpaired) electrons. The number of nitrogens with zero attached hydrogens (tertiary/aromatic N) is 1. The Morgan fingerprint density at radius 2 is 1.95 bits per heavy atom. The number of nitrogens with two attached hydrogens (primary N) is 1. The van der Waals surface area contributed by atoms with Crippen LogP contribution in [0.1, 0.15) is 27.3 Å².